The van der Waals surface area contributed by atoms with Gasteiger partial charge in [0.05, 0.1) is 11.4 Å². The Balaban J connectivity index is 1.90. The maximum Gasteiger partial charge on any atom is 0.263 e. The van der Waals surface area contributed by atoms with Gasteiger partial charge in [-0.3, -0.25) is 4.79 Å². The van der Waals surface area contributed by atoms with Crippen LogP contribution in [0.5, 0.6) is 5.75 Å². The minimum Gasteiger partial charge on any atom is -0.489 e. The molecule has 2 rings (SSSR count). The molecular formula is C17H20FNO2S. The van der Waals surface area contributed by atoms with Crippen LogP contribution in [-0.2, 0) is 6.42 Å². The van der Waals surface area contributed by atoms with Gasteiger partial charge in [0.1, 0.15) is 6.61 Å². The molecule has 0 saturated heterocycles. The first-order chi connectivity index (χ1) is 10.5. The Labute approximate surface area is 134 Å². The van der Waals surface area contributed by atoms with E-state index in [1.165, 1.54) is 27.8 Å². The van der Waals surface area contributed by atoms with E-state index in [0.717, 1.165) is 11.3 Å². The highest BCUT2D eigenvalue weighted by Crippen LogP contribution is 2.23. The van der Waals surface area contributed by atoms with Crippen LogP contribution in [-0.4, -0.2) is 31.0 Å². The predicted octanol–water partition coefficient (Wildman–Crippen LogP) is 3.91. The lowest BCUT2D eigenvalue weighted by Crippen LogP contribution is -2.30. The maximum atomic E-state index is 13.4. The van der Waals surface area contributed by atoms with Gasteiger partial charge in [0.15, 0.2) is 11.6 Å². The lowest BCUT2D eigenvalue weighted by molar-refractivity contribution is 0.0777. The topological polar surface area (TPSA) is 29.5 Å². The second-order valence-electron chi connectivity index (χ2n) is 5.05. The highest BCUT2D eigenvalue weighted by Gasteiger charge is 2.16. The summed E-state index contributed by atoms with van der Waals surface area (Å²) in [6, 6.07) is 8.21. The first-order valence-electron chi connectivity index (χ1n) is 7.25. The number of nitrogens with zero attached hydrogens (tertiary/aromatic N) is 1. The third-order valence-corrected chi connectivity index (χ3v) is 4.56. The molecule has 1 heterocycles. The highest BCUT2D eigenvalue weighted by atomic mass is 32.1. The largest absolute Gasteiger partial charge is 0.489 e. The minimum absolute atomic E-state index is 0.0232. The van der Waals surface area contributed by atoms with Crippen molar-refractivity contribution >= 4 is 17.2 Å². The number of thiophene rings is 1. The van der Waals surface area contributed by atoms with Gasteiger partial charge < -0.3 is 9.64 Å². The van der Waals surface area contributed by atoms with E-state index in [1.807, 2.05) is 13.0 Å². The second-order valence-corrected chi connectivity index (χ2v) is 6.31. The Morgan fingerprint density at radius 2 is 2.09 bits per heavy atom. The lowest BCUT2D eigenvalue weighted by atomic mass is 10.2. The zero-order chi connectivity index (χ0) is 16.1. The summed E-state index contributed by atoms with van der Waals surface area (Å²) < 4.78 is 18.8. The molecule has 0 bridgehead atoms. The molecule has 0 atom stereocenters. The molecule has 0 radical (unpaired) electrons. The fourth-order valence-electron chi connectivity index (χ4n) is 2.12. The van der Waals surface area contributed by atoms with Crippen LogP contribution in [0.15, 0.2) is 30.3 Å². The van der Waals surface area contributed by atoms with Crippen molar-refractivity contribution in [3.8, 4) is 5.75 Å². The molecule has 118 valence electrons. The van der Waals surface area contributed by atoms with Crippen molar-refractivity contribution < 1.29 is 13.9 Å². The summed E-state index contributed by atoms with van der Waals surface area (Å²) in [6.45, 7) is 4.77. The Hall–Kier alpha value is -1.88. The summed E-state index contributed by atoms with van der Waals surface area (Å²) >= 11 is 1.52. The van der Waals surface area contributed by atoms with Crippen LogP contribution in [0.1, 0.15) is 27.0 Å². The van der Waals surface area contributed by atoms with Crippen molar-refractivity contribution in [2.24, 2.45) is 0 Å². The smallest absolute Gasteiger partial charge is 0.263 e. The fourth-order valence-corrected chi connectivity index (χ4v) is 3.23. The number of ether oxygens (including phenoxy) is 1. The van der Waals surface area contributed by atoms with E-state index in [-0.39, 0.29) is 18.3 Å². The molecule has 0 aliphatic carbocycles. The molecule has 1 aromatic heterocycles. The van der Waals surface area contributed by atoms with Gasteiger partial charge in [-0.2, -0.15) is 0 Å². The van der Waals surface area contributed by atoms with Gasteiger partial charge in [0, 0.05) is 11.9 Å². The van der Waals surface area contributed by atoms with Crippen LogP contribution >= 0.6 is 11.3 Å². The molecule has 1 aromatic carbocycles. The molecule has 2 aromatic rings. The lowest BCUT2D eigenvalue weighted by Gasteiger charge is -2.16. The first-order valence-corrected chi connectivity index (χ1v) is 8.06. The first kappa shape index (κ1) is 16.5. The SMILES string of the molecule is CCc1cc(C(=O)N(C)CCOc2ccccc2F)sc1C. The molecule has 0 aliphatic heterocycles. The molecule has 22 heavy (non-hydrogen) atoms. The highest BCUT2D eigenvalue weighted by molar-refractivity contribution is 7.14. The molecule has 0 unspecified atom stereocenters. The summed E-state index contributed by atoms with van der Waals surface area (Å²) in [5, 5.41) is 0. The summed E-state index contributed by atoms with van der Waals surface area (Å²) in [4.78, 5) is 15.9. The quantitative estimate of drug-likeness (QED) is 0.807. The number of likely N-dealkylation sites (N-methyl/N-ethyl adjacent to an activating group) is 1. The number of carbonyl (C=O) groups excluding carboxylic acids is 1. The van der Waals surface area contributed by atoms with Crippen molar-refractivity contribution in [3.63, 3.8) is 0 Å². The summed E-state index contributed by atoms with van der Waals surface area (Å²) in [7, 11) is 1.73. The molecule has 1 amide bonds. The normalized spacial score (nSPS) is 10.5. The van der Waals surface area contributed by atoms with Gasteiger partial charge in [-0.1, -0.05) is 19.1 Å². The third kappa shape index (κ3) is 3.85. The monoisotopic (exact) mass is 321 g/mol. The van der Waals surface area contributed by atoms with E-state index in [4.69, 9.17) is 4.74 Å². The van der Waals surface area contributed by atoms with Gasteiger partial charge >= 0.3 is 0 Å². The predicted molar refractivity (Wildman–Crippen MR) is 87.3 cm³/mol. The fraction of sp³-hybridized carbons (Fsp3) is 0.353. The Morgan fingerprint density at radius 3 is 2.73 bits per heavy atom. The molecule has 0 fully saturated rings. The Bertz CT molecular complexity index is 654. The zero-order valence-corrected chi connectivity index (χ0v) is 13.9. The summed E-state index contributed by atoms with van der Waals surface area (Å²) in [5.74, 6) is -0.202. The second kappa shape index (κ2) is 7.40. The van der Waals surface area contributed by atoms with Gasteiger partial charge in [-0.15, -0.1) is 11.3 Å². The van der Waals surface area contributed by atoms with Crippen LogP contribution in [0.3, 0.4) is 0 Å². The number of para-hydroxylation sites is 1. The molecule has 0 saturated carbocycles. The summed E-state index contributed by atoms with van der Waals surface area (Å²) in [5.41, 5.74) is 1.21. The van der Waals surface area contributed by atoms with E-state index in [1.54, 1.807) is 30.1 Å². The number of aryl methyl sites for hydroxylation is 2. The van der Waals surface area contributed by atoms with Crippen LogP contribution < -0.4 is 4.74 Å². The zero-order valence-electron chi connectivity index (χ0n) is 13.1. The molecule has 3 nitrogen and oxygen atoms in total. The molecule has 5 heteroatoms. The van der Waals surface area contributed by atoms with Crippen molar-refractivity contribution in [2.75, 3.05) is 20.2 Å². The van der Waals surface area contributed by atoms with Gasteiger partial charge in [-0.25, -0.2) is 4.39 Å². The van der Waals surface area contributed by atoms with E-state index in [0.29, 0.717) is 6.54 Å². The molecule has 0 N–H and O–H groups in total. The van der Waals surface area contributed by atoms with Crippen molar-refractivity contribution in [3.05, 3.63) is 51.5 Å². The van der Waals surface area contributed by atoms with Gasteiger partial charge in [0.2, 0.25) is 0 Å². The number of hydrogen-bond acceptors (Lipinski definition) is 3. The van der Waals surface area contributed by atoms with E-state index in [9.17, 15) is 9.18 Å². The van der Waals surface area contributed by atoms with Crippen LogP contribution in [0.2, 0.25) is 0 Å². The number of halogens is 1. The number of rotatable bonds is 6. The molecule has 0 spiro atoms. The van der Waals surface area contributed by atoms with Crippen molar-refractivity contribution in [1.29, 1.82) is 0 Å². The molecular weight excluding hydrogens is 301 g/mol. The standard InChI is InChI=1S/C17H20FNO2S/c1-4-13-11-16(22-12(13)2)17(20)19(3)9-10-21-15-8-6-5-7-14(15)18/h5-8,11H,4,9-10H2,1-3H3. The van der Waals surface area contributed by atoms with Crippen molar-refractivity contribution in [2.45, 2.75) is 20.3 Å². The third-order valence-electron chi connectivity index (χ3n) is 3.48. The minimum atomic E-state index is -0.391. The van der Waals surface area contributed by atoms with E-state index >= 15 is 0 Å². The van der Waals surface area contributed by atoms with Crippen LogP contribution in [0.25, 0.3) is 0 Å². The van der Waals surface area contributed by atoms with Gasteiger partial charge in [-0.05, 0) is 37.1 Å². The average Bonchev–Trinajstić information content (AvgIpc) is 2.89. The number of hydrogen-bond donors (Lipinski definition) is 0. The van der Waals surface area contributed by atoms with Crippen molar-refractivity contribution in [1.82, 2.24) is 4.90 Å². The van der Waals surface area contributed by atoms with Crippen LogP contribution in [0, 0.1) is 12.7 Å². The maximum absolute atomic E-state index is 13.4. The number of amides is 1. The van der Waals surface area contributed by atoms with Crippen LogP contribution in [0.4, 0.5) is 4.39 Å². The van der Waals surface area contributed by atoms with Gasteiger partial charge in [0.25, 0.3) is 5.91 Å². The Morgan fingerprint density at radius 1 is 1.36 bits per heavy atom. The molecule has 0 aliphatic rings. The number of benzene rings is 1. The summed E-state index contributed by atoms with van der Waals surface area (Å²) in [6.07, 6.45) is 0.926. The number of carbonyl (C=O) groups is 1. The Kier molecular flexibility index (Phi) is 5.55. The average molecular weight is 321 g/mol. The van der Waals surface area contributed by atoms with E-state index in [2.05, 4.69) is 6.92 Å². The van der Waals surface area contributed by atoms with E-state index < -0.39 is 5.82 Å².